The van der Waals surface area contributed by atoms with Gasteiger partial charge in [-0.25, -0.2) is 22.9 Å². The number of sulfonamides is 1. The zero-order chi connectivity index (χ0) is 23.2. The van der Waals surface area contributed by atoms with Crippen LogP contribution >= 0.6 is 0 Å². The van der Waals surface area contributed by atoms with Crippen LogP contribution in [0.3, 0.4) is 0 Å². The third-order valence-corrected chi connectivity index (χ3v) is 4.82. The van der Waals surface area contributed by atoms with Gasteiger partial charge in [0.1, 0.15) is 5.82 Å². The molecule has 13 heteroatoms. The number of nitrogens with one attached hydrogen (secondary N) is 1. The number of nitriles is 1. The largest absolute Gasteiger partial charge is 0.490 e. The third-order valence-electron chi connectivity index (χ3n) is 4.15. The average Bonchev–Trinajstić information content (AvgIpc) is 3.08. The van der Waals surface area contributed by atoms with Crippen LogP contribution in [0, 0.1) is 11.3 Å². The van der Waals surface area contributed by atoms with Crippen molar-refractivity contribution in [3.8, 4) is 6.07 Å². The van der Waals surface area contributed by atoms with Gasteiger partial charge < -0.3 is 9.67 Å². The molecule has 2 heterocycles. The van der Waals surface area contributed by atoms with Crippen molar-refractivity contribution in [1.29, 1.82) is 5.26 Å². The van der Waals surface area contributed by atoms with E-state index in [0.717, 1.165) is 43.0 Å². The number of halogens is 3. The van der Waals surface area contributed by atoms with Gasteiger partial charge in [-0.05, 0) is 17.7 Å². The van der Waals surface area contributed by atoms with Crippen molar-refractivity contribution in [2.24, 2.45) is 0 Å². The summed E-state index contributed by atoms with van der Waals surface area (Å²) in [6.45, 7) is 3.39. The summed E-state index contributed by atoms with van der Waals surface area (Å²) in [6.07, 6.45) is -2.04. The first kappa shape index (κ1) is 24.3. The van der Waals surface area contributed by atoms with Crippen LogP contribution in [0.25, 0.3) is 0 Å². The third kappa shape index (κ3) is 8.00. The maximum Gasteiger partial charge on any atom is 0.490 e. The fourth-order valence-electron chi connectivity index (χ4n) is 2.78. The lowest BCUT2D eigenvalue weighted by atomic mass is 10.1. The van der Waals surface area contributed by atoms with E-state index in [1.165, 1.54) is 0 Å². The minimum absolute atomic E-state index is 0.211. The first-order valence-corrected chi connectivity index (χ1v) is 10.8. The Hall–Kier alpha value is -2.95. The van der Waals surface area contributed by atoms with Crippen LogP contribution in [0.2, 0.25) is 0 Å². The summed E-state index contributed by atoms with van der Waals surface area (Å²) in [7, 11) is -3.22. The molecule has 0 aliphatic carbocycles. The number of aliphatic carboxylic acids is 1. The van der Waals surface area contributed by atoms with Crippen LogP contribution in [-0.2, 0) is 41.0 Å². The molecule has 31 heavy (non-hydrogen) atoms. The molecular weight excluding hydrogens is 439 g/mol. The summed E-state index contributed by atoms with van der Waals surface area (Å²) < 4.78 is 58.6. The maximum absolute atomic E-state index is 11.2. The Morgan fingerprint density at radius 3 is 2.61 bits per heavy atom. The zero-order valence-electron chi connectivity index (χ0n) is 16.4. The molecule has 0 spiro atoms. The number of hydrogen-bond donors (Lipinski definition) is 2. The highest BCUT2D eigenvalue weighted by molar-refractivity contribution is 7.88. The normalized spacial score (nSPS) is 14.2. The summed E-state index contributed by atoms with van der Waals surface area (Å²) >= 11 is 0. The predicted octanol–water partition coefficient (Wildman–Crippen LogP) is 1.45. The molecule has 3 rings (SSSR count). The molecule has 1 aromatic heterocycles. The van der Waals surface area contributed by atoms with Gasteiger partial charge in [0.05, 0.1) is 36.7 Å². The zero-order valence-corrected chi connectivity index (χ0v) is 17.2. The maximum atomic E-state index is 11.2. The molecule has 1 aliphatic heterocycles. The Morgan fingerprint density at radius 1 is 1.35 bits per heavy atom. The van der Waals surface area contributed by atoms with Crippen molar-refractivity contribution in [3.63, 3.8) is 0 Å². The minimum atomic E-state index is -5.08. The lowest BCUT2D eigenvalue weighted by Crippen LogP contribution is -2.33. The summed E-state index contributed by atoms with van der Waals surface area (Å²) in [6, 6.07) is 9.78. The van der Waals surface area contributed by atoms with E-state index in [2.05, 4.69) is 25.2 Å². The van der Waals surface area contributed by atoms with Gasteiger partial charge in [-0.3, -0.25) is 4.90 Å². The Kier molecular flexibility index (Phi) is 7.77. The fourth-order valence-corrected chi connectivity index (χ4v) is 3.19. The number of fused-ring (bicyclic) bond motifs is 1. The van der Waals surface area contributed by atoms with Crippen LogP contribution in [0.15, 0.2) is 30.5 Å². The van der Waals surface area contributed by atoms with Crippen molar-refractivity contribution in [3.05, 3.63) is 53.1 Å². The number of hydrogen-bond acceptors (Lipinski definition) is 6. The van der Waals surface area contributed by atoms with Gasteiger partial charge in [0, 0.05) is 25.8 Å². The Morgan fingerprint density at radius 2 is 2.03 bits per heavy atom. The number of rotatable bonds is 5. The number of carbonyl (C=O) groups is 1. The molecule has 0 amide bonds. The summed E-state index contributed by atoms with van der Waals surface area (Å²) in [5.41, 5.74) is 2.50. The average molecular weight is 459 g/mol. The van der Waals surface area contributed by atoms with Gasteiger partial charge in [0.25, 0.3) is 0 Å². The fraction of sp³-hybridized carbons (Fsp3) is 0.389. The van der Waals surface area contributed by atoms with Gasteiger partial charge in [-0.15, -0.1) is 0 Å². The lowest BCUT2D eigenvalue weighted by Gasteiger charge is -2.27. The van der Waals surface area contributed by atoms with Gasteiger partial charge in [-0.2, -0.15) is 18.4 Å². The number of carboxylic acid groups (broad SMARTS) is 1. The highest BCUT2D eigenvalue weighted by Crippen LogP contribution is 2.16. The van der Waals surface area contributed by atoms with Crippen molar-refractivity contribution >= 4 is 16.0 Å². The summed E-state index contributed by atoms with van der Waals surface area (Å²) in [5, 5.41) is 16.1. The molecule has 0 radical (unpaired) electrons. The van der Waals surface area contributed by atoms with E-state index in [-0.39, 0.29) is 6.54 Å². The molecule has 0 unspecified atom stereocenters. The quantitative estimate of drug-likeness (QED) is 0.693. The van der Waals surface area contributed by atoms with Crippen molar-refractivity contribution in [2.45, 2.75) is 32.4 Å². The summed E-state index contributed by atoms with van der Waals surface area (Å²) in [5.74, 6) is -1.82. The number of aromatic nitrogens is 2. The van der Waals surface area contributed by atoms with E-state index < -0.39 is 22.2 Å². The minimum Gasteiger partial charge on any atom is -0.475 e. The second kappa shape index (κ2) is 9.90. The van der Waals surface area contributed by atoms with Crippen LogP contribution in [0.1, 0.15) is 22.6 Å². The molecule has 2 N–H and O–H groups in total. The molecule has 1 aromatic carbocycles. The molecule has 168 valence electrons. The molecule has 0 bridgehead atoms. The van der Waals surface area contributed by atoms with Crippen LogP contribution < -0.4 is 4.72 Å². The number of imidazole rings is 1. The SMILES string of the molecule is CS(=O)(=O)NCc1cn2c(n1)CN(Cc1cccc(C#N)c1)CC2.O=C(O)C(F)(F)F. The second-order valence-electron chi connectivity index (χ2n) is 6.76. The number of alkyl halides is 3. The smallest absolute Gasteiger partial charge is 0.475 e. The van der Waals surface area contributed by atoms with Crippen molar-refractivity contribution in [1.82, 2.24) is 19.2 Å². The Balaban J connectivity index is 0.000000423. The molecular formula is C18H20F3N5O4S. The van der Waals surface area contributed by atoms with Gasteiger partial charge >= 0.3 is 12.1 Å². The van der Waals surface area contributed by atoms with Crippen molar-refractivity contribution in [2.75, 3.05) is 12.8 Å². The molecule has 0 saturated carbocycles. The van der Waals surface area contributed by atoms with Gasteiger partial charge in [0.2, 0.25) is 10.0 Å². The Bertz CT molecular complexity index is 1080. The molecule has 1 aliphatic rings. The Labute approximate surface area is 176 Å². The predicted molar refractivity (Wildman–Crippen MR) is 103 cm³/mol. The van der Waals surface area contributed by atoms with Gasteiger partial charge in [0.15, 0.2) is 0 Å². The molecule has 0 atom stereocenters. The number of nitrogens with zero attached hydrogens (tertiary/aromatic N) is 4. The molecule has 2 aromatic rings. The molecule has 9 nitrogen and oxygen atoms in total. The topological polar surface area (TPSA) is 128 Å². The second-order valence-corrected chi connectivity index (χ2v) is 8.59. The first-order valence-electron chi connectivity index (χ1n) is 8.88. The van der Waals surface area contributed by atoms with E-state index in [4.69, 9.17) is 15.2 Å². The standard InChI is InChI=1S/C16H19N5O2S.C2HF3O2/c1-24(22,23)18-9-15-11-21-6-5-20(12-16(21)19-15)10-14-4-2-3-13(7-14)8-17;3-2(4,5)1(6)7/h2-4,7,11,18H,5-6,9-10,12H2,1H3;(H,6,7). The lowest BCUT2D eigenvalue weighted by molar-refractivity contribution is -0.192. The van der Waals surface area contributed by atoms with Gasteiger partial charge in [-0.1, -0.05) is 12.1 Å². The number of benzene rings is 1. The van der Waals surface area contributed by atoms with E-state index in [1.807, 2.05) is 24.4 Å². The first-order chi connectivity index (χ1) is 14.4. The van der Waals surface area contributed by atoms with Crippen LogP contribution in [0.5, 0.6) is 0 Å². The highest BCUT2D eigenvalue weighted by Gasteiger charge is 2.38. The summed E-state index contributed by atoms with van der Waals surface area (Å²) in [4.78, 5) is 15.7. The monoisotopic (exact) mass is 459 g/mol. The molecule has 0 saturated heterocycles. The highest BCUT2D eigenvalue weighted by atomic mass is 32.2. The number of carboxylic acids is 1. The van der Waals surface area contributed by atoms with Crippen LogP contribution in [-0.4, -0.2) is 52.9 Å². The van der Waals surface area contributed by atoms with E-state index in [0.29, 0.717) is 12.1 Å². The molecule has 0 fully saturated rings. The van der Waals surface area contributed by atoms with Crippen molar-refractivity contribution < 1.29 is 31.5 Å². The van der Waals surface area contributed by atoms with E-state index >= 15 is 0 Å². The van der Waals surface area contributed by atoms with E-state index in [1.54, 1.807) is 6.07 Å². The van der Waals surface area contributed by atoms with E-state index in [9.17, 15) is 21.6 Å². The van der Waals surface area contributed by atoms with Crippen LogP contribution in [0.4, 0.5) is 13.2 Å².